The third-order valence-corrected chi connectivity index (χ3v) is 4.24. The standard InChI is InChI=1S/C14H29N/c1-6-7-11-10-12(14(2,3)4)8-9-13(11)15-5/h11-13,15H,6-10H2,1-5H3. The van der Waals surface area contributed by atoms with E-state index in [4.69, 9.17) is 0 Å². The summed E-state index contributed by atoms with van der Waals surface area (Å²) in [6.07, 6.45) is 6.96. The van der Waals surface area contributed by atoms with Crippen molar-refractivity contribution < 1.29 is 0 Å². The predicted molar refractivity (Wildman–Crippen MR) is 68.0 cm³/mol. The Bertz CT molecular complexity index is 180. The average Bonchev–Trinajstić information content (AvgIpc) is 2.17. The molecule has 0 saturated heterocycles. The van der Waals surface area contributed by atoms with Crippen molar-refractivity contribution in [2.45, 2.75) is 65.8 Å². The van der Waals surface area contributed by atoms with Crippen LogP contribution in [-0.4, -0.2) is 13.1 Å². The van der Waals surface area contributed by atoms with Gasteiger partial charge in [0.2, 0.25) is 0 Å². The van der Waals surface area contributed by atoms with E-state index in [-0.39, 0.29) is 0 Å². The third kappa shape index (κ3) is 3.48. The number of nitrogens with one attached hydrogen (secondary N) is 1. The fraction of sp³-hybridized carbons (Fsp3) is 1.00. The predicted octanol–water partition coefficient (Wildman–Crippen LogP) is 3.84. The maximum absolute atomic E-state index is 3.51. The summed E-state index contributed by atoms with van der Waals surface area (Å²) in [5, 5.41) is 3.51. The van der Waals surface area contributed by atoms with E-state index >= 15 is 0 Å². The third-order valence-electron chi connectivity index (χ3n) is 4.24. The molecule has 1 aliphatic carbocycles. The van der Waals surface area contributed by atoms with Crippen LogP contribution in [0, 0.1) is 17.3 Å². The van der Waals surface area contributed by atoms with Crippen molar-refractivity contribution in [3.05, 3.63) is 0 Å². The van der Waals surface area contributed by atoms with E-state index in [1.165, 1.54) is 32.1 Å². The zero-order valence-electron chi connectivity index (χ0n) is 11.3. The van der Waals surface area contributed by atoms with Crippen LogP contribution < -0.4 is 5.32 Å². The lowest BCUT2D eigenvalue weighted by Gasteiger charge is -2.42. The van der Waals surface area contributed by atoms with Crippen LogP contribution in [0.15, 0.2) is 0 Å². The van der Waals surface area contributed by atoms with Gasteiger partial charge in [-0.2, -0.15) is 0 Å². The summed E-state index contributed by atoms with van der Waals surface area (Å²) in [6.45, 7) is 9.52. The van der Waals surface area contributed by atoms with Crippen molar-refractivity contribution >= 4 is 0 Å². The number of rotatable bonds is 3. The summed E-state index contributed by atoms with van der Waals surface area (Å²) in [6, 6.07) is 0.781. The van der Waals surface area contributed by atoms with Crippen LogP contribution in [-0.2, 0) is 0 Å². The normalized spacial score (nSPS) is 33.0. The van der Waals surface area contributed by atoms with Crippen LogP contribution in [0.4, 0.5) is 0 Å². The van der Waals surface area contributed by atoms with Gasteiger partial charge in [0.05, 0.1) is 0 Å². The van der Waals surface area contributed by atoms with Crippen LogP contribution >= 0.6 is 0 Å². The molecule has 3 unspecified atom stereocenters. The Morgan fingerprint density at radius 1 is 1.20 bits per heavy atom. The lowest BCUT2D eigenvalue weighted by Crippen LogP contribution is -2.41. The lowest BCUT2D eigenvalue weighted by atomic mass is 9.66. The van der Waals surface area contributed by atoms with Crippen molar-refractivity contribution in [2.75, 3.05) is 7.05 Å². The van der Waals surface area contributed by atoms with Crippen LogP contribution in [0.3, 0.4) is 0 Å². The highest BCUT2D eigenvalue weighted by Crippen LogP contribution is 2.41. The van der Waals surface area contributed by atoms with Crippen molar-refractivity contribution in [1.29, 1.82) is 0 Å². The van der Waals surface area contributed by atoms with Crippen molar-refractivity contribution in [2.24, 2.45) is 17.3 Å². The fourth-order valence-corrected chi connectivity index (χ4v) is 3.12. The first-order chi connectivity index (χ1) is 6.99. The molecule has 90 valence electrons. The topological polar surface area (TPSA) is 12.0 Å². The van der Waals surface area contributed by atoms with E-state index in [1.807, 2.05) is 0 Å². The molecule has 0 amide bonds. The fourth-order valence-electron chi connectivity index (χ4n) is 3.12. The molecule has 1 nitrogen and oxygen atoms in total. The minimum absolute atomic E-state index is 0.505. The first-order valence-corrected chi connectivity index (χ1v) is 6.66. The molecule has 0 aromatic carbocycles. The molecule has 0 aromatic heterocycles. The molecular weight excluding hydrogens is 182 g/mol. The molecule has 3 atom stereocenters. The molecule has 1 rings (SSSR count). The molecule has 1 aliphatic rings. The molecule has 15 heavy (non-hydrogen) atoms. The summed E-state index contributed by atoms with van der Waals surface area (Å²) in [5.41, 5.74) is 0.505. The molecular formula is C14H29N. The average molecular weight is 211 g/mol. The summed E-state index contributed by atoms with van der Waals surface area (Å²) in [5.74, 6) is 1.84. The Morgan fingerprint density at radius 3 is 2.33 bits per heavy atom. The van der Waals surface area contributed by atoms with Crippen molar-refractivity contribution in [3.8, 4) is 0 Å². The summed E-state index contributed by atoms with van der Waals surface area (Å²) in [4.78, 5) is 0. The molecule has 0 bridgehead atoms. The van der Waals surface area contributed by atoms with E-state index in [0.29, 0.717) is 5.41 Å². The van der Waals surface area contributed by atoms with Crippen LogP contribution in [0.5, 0.6) is 0 Å². The van der Waals surface area contributed by atoms with Crippen LogP contribution in [0.2, 0.25) is 0 Å². The zero-order chi connectivity index (χ0) is 11.5. The van der Waals surface area contributed by atoms with Crippen molar-refractivity contribution in [1.82, 2.24) is 5.32 Å². The Labute approximate surface area is 96.0 Å². The van der Waals surface area contributed by atoms with Gasteiger partial charge in [0.15, 0.2) is 0 Å². The summed E-state index contributed by atoms with van der Waals surface area (Å²) < 4.78 is 0. The van der Waals surface area contributed by atoms with Crippen LogP contribution in [0.25, 0.3) is 0 Å². The smallest absolute Gasteiger partial charge is 0.00925 e. The number of hydrogen-bond acceptors (Lipinski definition) is 1. The van der Waals surface area contributed by atoms with Gasteiger partial charge in [-0.05, 0) is 50.0 Å². The highest BCUT2D eigenvalue weighted by Gasteiger charge is 2.34. The van der Waals surface area contributed by atoms with E-state index in [0.717, 1.165) is 17.9 Å². The van der Waals surface area contributed by atoms with Gasteiger partial charge in [0.1, 0.15) is 0 Å². The molecule has 1 fully saturated rings. The van der Waals surface area contributed by atoms with Crippen molar-refractivity contribution in [3.63, 3.8) is 0 Å². The Morgan fingerprint density at radius 2 is 1.87 bits per heavy atom. The minimum Gasteiger partial charge on any atom is -0.317 e. The quantitative estimate of drug-likeness (QED) is 0.748. The SMILES string of the molecule is CCCC1CC(C(C)(C)C)CCC1NC. The summed E-state index contributed by atoms with van der Waals surface area (Å²) in [7, 11) is 2.13. The maximum Gasteiger partial charge on any atom is 0.00925 e. The minimum atomic E-state index is 0.505. The van der Waals surface area contributed by atoms with Gasteiger partial charge in [-0.1, -0.05) is 34.1 Å². The van der Waals surface area contributed by atoms with Gasteiger partial charge in [0.25, 0.3) is 0 Å². The second kappa shape index (κ2) is 5.34. The molecule has 0 aliphatic heterocycles. The molecule has 0 radical (unpaired) electrons. The molecule has 1 saturated carbocycles. The van der Waals surface area contributed by atoms with Crippen LogP contribution in [0.1, 0.15) is 59.8 Å². The van der Waals surface area contributed by atoms with E-state index in [9.17, 15) is 0 Å². The molecule has 1 N–H and O–H groups in total. The Balaban J connectivity index is 2.57. The largest absolute Gasteiger partial charge is 0.317 e. The Hall–Kier alpha value is -0.0400. The highest BCUT2D eigenvalue weighted by molar-refractivity contribution is 4.88. The first-order valence-electron chi connectivity index (χ1n) is 6.66. The number of hydrogen-bond donors (Lipinski definition) is 1. The maximum atomic E-state index is 3.51. The molecule has 1 heteroatoms. The summed E-state index contributed by atoms with van der Waals surface area (Å²) >= 11 is 0. The van der Waals surface area contributed by atoms with Gasteiger partial charge in [-0.3, -0.25) is 0 Å². The molecule has 0 spiro atoms. The first kappa shape index (κ1) is 13.0. The zero-order valence-corrected chi connectivity index (χ0v) is 11.3. The molecule has 0 heterocycles. The van der Waals surface area contributed by atoms with Gasteiger partial charge >= 0.3 is 0 Å². The van der Waals surface area contributed by atoms with Gasteiger partial charge in [-0.25, -0.2) is 0 Å². The second-order valence-electron chi connectivity index (χ2n) is 6.32. The van der Waals surface area contributed by atoms with Gasteiger partial charge in [0, 0.05) is 6.04 Å². The van der Waals surface area contributed by atoms with E-state index in [2.05, 4.69) is 40.1 Å². The van der Waals surface area contributed by atoms with Gasteiger partial charge < -0.3 is 5.32 Å². The molecule has 0 aromatic rings. The van der Waals surface area contributed by atoms with E-state index < -0.39 is 0 Å². The monoisotopic (exact) mass is 211 g/mol. The second-order valence-corrected chi connectivity index (χ2v) is 6.32. The lowest BCUT2D eigenvalue weighted by molar-refractivity contribution is 0.112. The van der Waals surface area contributed by atoms with Gasteiger partial charge in [-0.15, -0.1) is 0 Å². The highest BCUT2D eigenvalue weighted by atomic mass is 14.9. The van der Waals surface area contributed by atoms with E-state index in [1.54, 1.807) is 0 Å². The Kier molecular flexibility index (Phi) is 4.64.